The second-order valence-corrected chi connectivity index (χ2v) is 7.05. The van der Waals surface area contributed by atoms with Crippen molar-refractivity contribution < 1.29 is 9.53 Å². The average Bonchev–Trinajstić information content (AvgIpc) is 2.70. The van der Waals surface area contributed by atoms with Gasteiger partial charge in [-0.15, -0.1) is 24.0 Å². The number of halogens is 1. The van der Waals surface area contributed by atoms with Gasteiger partial charge in [0.05, 0.1) is 7.11 Å². The summed E-state index contributed by atoms with van der Waals surface area (Å²) >= 11 is 0. The summed E-state index contributed by atoms with van der Waals surface area (Å²) in [5, 5.41) is 3.47. The zero-order valence-electron chi connectivity index (χ0n) is 17.6. The molecule has 1 aromatic rings. The highest BCUT2D eigenvalue weighted by atomic mass is 127. The fraction of sp³-hybridized carbons (Fsp3) is 0.600. The molecule has 0 bridgehead atoms. The van der Waals surface area contributed by atoms with Crippen molar-refractivity contribution in [2.45, 2.75) is 26.3 Å². The smallest absolute Gasteiger partial charge is 0.243 e. The number of guanidine groups is 1. The maximum absolute atomic E-state index is 11.9. The molecule has 0 aromatic heterocycles. The van der Waals surface area contributed by atoms with Crippen LogP contribution in [0.2, 0.25) is 0 Å². The van der Waals surface area contributed by atoms with Gasteiger partial charge in [0.25, 0.3) is 0 Å². The zero-order chi connectivity index (χ0) is 19.8. The number of anilines is 1. The van der Waals surface area contributed by atoms with E-state index in [1.54, 1.807) is 26.1 Å². The SMILES string of the molecule is CCC(C)NC(=NCC(=O)N(C)C)N1CCN(c2ccc(OC)cc2)CC1.I. The number of likely N-dealkylation sites (N-methyl/N-ethyl adjacent to an activating group) is 1. The summed E-state index contributed by atoms with van der Waals surface area (Å²) < 4.78 is 5.23. The van der Waals surface area contributed by atoms with Crippen molar-refractivity contribution in [3.63, 3.8) is 0 Å². The Balaban J connectivity index is 0.00000392. The van der Waals surface area contributed by atoms with Gasteiger partial charge >= 0.3 is 0 Å². The number of nitrogens with one attached hydrogen (secondary N) is 1. The maximum atomic E-state index is 11.9. The lowest BCUT2D eigenvalue weighted by Gasteiger charge is -2.38. The van der Waals surface area contributed by atoms with Crippen molar-refractivity contribution in [1.82, 2.24) is 15.1 Å². The Hall–Kier alpha value is -1.71. The van der Waals surface area contributed by atoms with E-state index in [9.17, 15) is 4.79 Å². The molecule has 1 amide bonds. The van der Waals surface area contributed by atoms with Crippen molar-refractivity contribution in [3.05, 3.63) is 24.3 Å². The van der Waals surface area contributed by atoms with Crippen LogP contribution in [0.3, 0.4) is 0 Å². The Morgan fingerprint density at radius 3 is 2.32 bits per heavy atom. The number of amides is 1. The third-order valence-electron chi connectivity index (χ3n) is 4.87. The molecule has 158 valence electrons. The molecule has 1 aliphatic heterocycles. The highest BCUT2D eigenvalue weighted by Crippen LogP contribution is 2.20. The lowest BCUT2D eigenvalue weighted by atomic mass is 10.2. The fourth-order valence-corrected chi connectivity index (χ4v) is 2.81. The highest BCUT2D eigenvalue weighted by molar-refractivity contribution is 14.0. The molecule has 1 heterocycles. The summed E-state index contributed by atoms with van der Waals surface area (Å²) in [5.41, 5.74) is 1.20. The number of rotatable bonds is 6. The molecule has 0 spiro atoms. The van der Waals surface area contributed by atoms with E-state index < -0.39 is 0 Å². The van der Waals surface area contributed by atoms with E-state index in [0.29, 0.717) is 6.04 Å². The minimum absolute atomic E-state index is 0. The lowest BCUT2D eigenvalue weighted by molar-refractivity contribution is -0.127. The number of hydrogen-bond acceptors (Lipinski definition) is 4. The molecule has 1 aliphatic rings. The van der Waals surface area contributed by atoms with E-state index in [-0.39, 0.29) is 36.4 Å². The number of ether oxygens (including phenoxy) is 1. The molecule has 0 saturated carbocycles. The zero-order valence-corrected chi connectivity index (χ0v) is 20.0. The van der Waals surface area contributed by atoms with Gasteiger partial charge < -0.3 is 24.8 Å². The van der Waals surface area contributed by atoms with Crippen molar-refractivity contribution in [2.75, 3.05) is 58.8 Å². The maximum Gasteiger partial charge on any atom is 0.243 e. The first-order valence-corrected chi connectivity index (χ1v) is 9.59. The van der Waals surface area contributed by atoms with Gasteiger partial charge in [-0.2, -0.15) is 0 Å². The molecule has 1 unspecified atom stereocenters. The predicted molar refractivity (Wildman–Crippen MR) is 126 cm³/mol. The standard InChI is InChI=1S/C20H33N5O2.HI/c1-6-16(2)22-20(21-15-19(26)23(3)4)25-13-11-24(12-14-25)17-7-9-18(27-5)10-8-17;/h7-10,16H,6,11-15H2,1-5H3,(H,21,22);1H. The normalized spacial score (nSPS) is 15.5. The molecule has 28 heavy (non-hydrogen) atoms. The van der Waals surface area contributed by atoms with Crippen molar-refractivity contribution in [1.29, 1.82) is 0 Å². The van der Waals surface area contributed by atoms with Crippen molar-refractivity contribution in [2.24, 2.45) is 4.99 Å². The van der Waals surface area contributed by atoms with Gasteiger partial charge in [-0.3, -0.25) is 4.79 Å². The van der Waals surface area contributed by atoms with Crippen LogP contribution in [0.4, 0.5) is 5.69 Å². The molecule has 1 atom stereocenters. The van der Waals surface area contributed by atoms with Crippen molar-refractivity contribution >= 4 is 41.5 Å². The predicted octanol–water partition coefficient (Wildman–Crippen LogP) is 2.27. The Kier molecular flexibility index (Phi) is 10.4. The third-order valence-corrected chi connectivity index (χ3v) is 4.87. The van der Waals surface area contributed by atoms with Crippen LogP contribution in [0.25, 0.3) is 0 Å². The number of benzene rings is 1. The number of carbonyl (C=O) groups excluding carboxylic acids is 1. The Labute approximate surface area is 186 Å². The number of aliphatic imine (C=N–C) groups is 1. The van der Waals surface area contributed by atoms with Crippen LogP contribution in [0, 0.1) is 0 Å². The van der Waals surface area contributed by atoms with Crippen LogP contribution in [-0.2, 0) is 4.79 Å². The molecule has 1 fully saturated rings. The molecule has 7 nitrogen and oxygen atoms in total. The Morgan fingerprint density at radius 1 is 1.21 bits per heavy atom. The van der Waals surface area contributed by atoms with Gasteiger partial charge in [0, 0.05) is 52.0 Å². The first-order valence-electron chi connectivity index (χ1n) is 9.59. The molecule has 0 radical (unpaired) electrons. The first-order chi connectivity index (χ1) is 12.9. The summed E-state index contributed by atoms with van der Waals surface area (Å²) in [6.07, 6.45) is 1.01. The van der Waals surface area contributed by atoms with Gasteiger partial charge in [0.1, 0.15) is 12.3 Å². The van der Waals surface area contributed by atoms with E-state index in [4.69, 9.17) is 4.74 Å². The van der Waals surface area contributed by atoms with Crippen LogP contribution < -0.4 is 15.0 Å². The van der Waals surface area contributed by atoms with Crippen LogP contribution in [0.1, 0.15) is 20.3 Å². The van der Waals surface area contributed by atoms with E-state index in [1.165, 1.54) is 5.69 Å². The molecular formula is C20H34IN5O2. The van der Waals surface area contributed by atoms with E-state index in [0.717, 1.165) is 44.3 Å². The summed E-state index contributed by atoms with van der Waals surface area (Å²) in [6, 6.07) is 8.49. The average molecular weight is 503 g/mol. The molecule has 1 N–H and O–H groups in total. The van der Waals surface area contributed by atoms with Gasteiger partial charge in [0.15, 0.2) is 5.96 Å². The number of piperazine rings is 1. The number of carbonyl (C=O) groups is 1. The van der Waals surface area contributed by atoms with Gasteiger partial charge in [0.2, 0.25) is 5.91 Å². The third kappa shape index (κ3) is 7.03. The number of nitrogens with zero attached hydrogens (tertiary/aromatic N) is 4. The molecule has 0 aliphatic carbocycles. The van der Waals surface area contributed by atoms with Gasteiger partial charge in [-0.1, -0.05) is 6.92 Å². The summed E-state index contributed by atoms with van der Waals surface area (Å²) in [4.78, 5) is 22.7. The van der Waals surface area contributed by atoms with Crippen molar-refractivity contribution in [3.8, 4) is 5.75 Å². The van der Waals surface area contributed by atoms with Crippen LogP contribution in [-0.4, -0.2) is 81.6 Å². The van der Waals surface area contributed by atoms with Crippen LogP contribution in [0.5, 0.6) is 5.75 Å². The molecule has 1 aromatic carbocycles. The first kappa shape index (κ1) is 24.3. The van der Waals surface area contributed by atoms with E-state index in [2.05, 4.69) is 46.1 Å². The molecule has 1 saturated heterocycles. The quantitative estimate of drug-likeness (QED) is 0.367. The van der Waals surface area contributed by atoms with Gasteiger partial charge in [-0.25, -0.2) is 4.99 Å². The fourth-order valence-electron chi connectivity index (χ4n) is 2.81. The summed E-state index contributed by atoms with van der Waals surface area (Å²) in [7, 11) is 5.19. The summed E-state index contributed by atoms with van der Waals surface area (Å²) in [6.45, 7) is 8.00. The van der Waals surface area contributed by atoms with E-state index >= 15 is 0 Å². The topological polar surface area (TPSA) is 60.4 Å². The van der Waals surface area contributed by atoms with Gasteiger partial charge in [-0.05, 0) is 37.6 Å². The molecule has 8 heteroatoms. The largest absolute Gasteiger partial charge is 0.497 e. The second-order valence-electron chi connectivity index (χ2n) is 7.05. The highest BCUT2D eigenvalue weighted by Gasteiger charge is 2.21. The number of hydrogen-bond donors (Lipinski definition) is 1. The molecule has 2 rings (SSSR count). The second kappa shape index (κ2) is 12.0. The lowest BCUT2D eigenvalue weighted by Crippen LogP contribution is -2.54. The number of methoxy groups -OCH3 is 1. The Bertz CT molecular complexity index is 628. The van der Waals surface area contributed by atoms with Crippen LogP contribution >= 0.6 is 24.0 Å². The van der Waals surface area contributed by atoms with E-state index in [1.807, 2.05) is 12.1 Å². The monoisotopic (exact) mass is 503 g/mol. The minimum atomic E-state index is 0. The molecular weight excluding hydrogens is 469 g/mol. The summed E-state index contributed by atoms with van der Waals surface area (Å²) in [5.74, 6) is 1.71. The van der Waals surface area contributed by atoms with Crippen LogP contribution in [0.15, 0.2) is 29.3 Å². The Morgan fingerprint density at radius 2 is 1.82 bits per heavy atom. The minimum Gasteiger partial charge on any atom is -0.497 e.